The van der Waals surface area contributed by atoms with Gasteiger partial charge in [0.25, 0.3) is 0 Å². The van der Waals surface area contributed by atoms with E-state index in [1.807, 2.05) is 17.5 Å². The van der Waals surface area contributed by atoms with E-state index in [4.69, 9.17) is 4.52 Å². The van der Waals surface area contributed by atoms with Crippen LogP contribution < -0.4 is 0 Å². The fourth-order valence-corrected chi connectivity index (χ4v) is 3.66. The summed E-state index contributed by atoms with van der Waals surface area (Å²) in [6, 6.07) is 3.99. The van der Waals surface area contributed by atoms with Crippen molar-refractivity contribution in [3.63, 3.8) is 0 Å². The number of nitrogens with zero attached hydrogens (tertiary/aromatic N) is 3. The summed E-state index contributed by atoms with van der Waals surface area (Å²) in [6.45, 7) is 6.82. The molecule has 5 nitrogen and oxygen atoms in total. The number of hydrogen-bond acceptors (Lipinski definition) is 6. The smallest absolute Gasteiger partial charge is 0.241 e. The summed E-state index contributed by atoms with van der Waals surface area (Å²) in [5.74, 6) is 2.10. The molecule has 0 bridgehead atoms. The first-order chi connectivity index (χ1) is 10.6. The lowest BCUT2D eigenvalue weighted by molar-refractivity contribution is 0.0251. The van der Waals surface area contributed by atoms with E-state index in [1.165, 1.54) is 0 Å². The van der Waals surface area contributed by atoms with Gasteiger partial charge in [-0.1, -0.05) is 25.1 Å². The van der Waals surface area contributed by atoms with E-state index in [0.717, 1.165) is 30.8 Å². The van der Waals surface area contributed by atoms with Crippen LogP contribution in [-0.4, -0.2) is 39.3 Å². The minimum atomic E-state index is -0.184. The Balaban J connectivity index is 1.53. The third-order valence-corrected chi connectivity index (χ3v) is 5.23. The zero-order valence-electron chi connectivity index (χ0n) is 13.1. The minimum absolute atomic E-state index is 0.184. The van der Waals surface area contributed by atoms with Crippen LogP contribution in [0.1, 0.15) is 32.6 Å². The average molecular weight is 321 g/mol. The number of piperidine rings is 1. The quantitative estimate of drug-likeness (QED) is 0.917. The summed E-state index contributed by atoms with van der Waals surface area (Å²) >= 11 is 1.62. The Bertz CT molecular complexity index is 574. The predicted octanol–water partition coefficient (Wildman–Crippen LogP) is 3.03. The van der Waals surface area contributed by atoms with Crippen molar-refractivity contribution in [2.75, 3.05) is 13.1 Å². The SMILES string of the molecule is CC(C)[C@@H](O)C1CCN(Cc2nc(-c3cccs3)no2)CC1. The molecule has 3 rings (SSSR count). The number of thiophene rings is 1. The van der Waals surface area contributed by atoms with Gasteiger partial charge in [-0.2, -0.15) is 4.98 Å². The van der Waals surface area contributed by atoms with E-state index in [2.05, 4.69) is 28.9 Å². The summed E-state index contributed by atoms with van der Waals surface area (Å²) in [5, 5.41) is 16.2. The zero-order valence-corrected chi connectivity index (χ0v) is 13.9. The first kappa shape index (κ1) is 15.6. The van der Waals surface area contributed by atoms with Crippen molar-refractivity contribution in [1.82, 2.24) is 15.0 Å². The Morgan fingerprint density at radius 2 is 2.18 bits per heavy atom. The number of aromatic nitrogens is 2. The van der Waals surface area contributed by atoms with Crippen molar-refractivity contribution in [2.24, 2.45) is 11.8 Å². The van der Waals surface area contributed by atoms with Gasteiger partial charge < -0.3 is 9.63 Å². The highest BCUT2D eigenvalue weighted by Crippen LogP contribution is 2.26. The monoisotopic (exact) mass is 321 g/mol. The van der Waals surface area contributed by atoms with E-state index in [0.29, 0.717) is 30.1 Å². The molecule has 0 unspecified atom stereocenters. The Morgan fingerprint density at radius 1 is 1.41 bits per heavy atom. The number of hydrogen-bond donors (Lipinski definition) is 1. The summed E-state index contributed by atoms with van der Waals surface area (Å²) < 4.78 is 5.36. The Morgan fingerprint density at radius 3 is 2.82 bits per heavy atom. The highest BCUT2D eigenvalue weighted by Gasteiger charge is 2.27. The highest BCUT2D eigenvalue weighted by molar-refractivity contribution is 7.13. The fourth-order valence-electron chi connectivity index (χ4n) is 3.01. The zero-order chi connectivity index (χ0) is 15.5. The third kappa shape index (κ3) is 3.56. The van der Waals surface area contributed by atoms with Crippen LogP contribution in [0.15, 0.2) is 22.0 Å². The lowest BCUT2D eigenvalue weighted by Gasteiger charge is -2.34. The second-order valence-electron chi connectivity index (χ2n) is 6.34. The predicted molar refractivity (Wildman–Crippen MR) is 86.5 cm³/mol. The van der Waals surface area contributed by atoms with Crippen molar-refractivity contribution in [2.45, 2.75) is 39.3 Å². The Labute approximate surface area is 135 Å². The van der Waals surface area contributed by atoms with Crippen molar-refractivity contribution in [1.29, 1.82) is 0 Å². The second-order valence-corrected chi connectivity index (χ2v) is 7.28. The fraction of sp³-hybridized carbons (Fsp3) is 0.625. The molecule has 0 aromatic carbocycles. The van der Waals surface area contributed by atoms with Crippen LogP contribution in [0, 0.1) is 11.8 Å². The molecule has 1 atom stereocenters. The van der Waals surface area contributed by atoms with Crippen LogP contribution in [0.4, 0.5) is 0 Å². The molecule has 6 heteroatoms. The van der Waals surface area contributed by atoms with Gasteiger partial charge in [-0.3, -0.25) is 4.90 Å². The van der Waals surface area contributed by atoms with Gasteiger partial charge >= 0.3 is 0 Å². The molecule has 0 radical (unpaired) electrons. The molecule has 0 amide bonds. The van der Waals surface area contributed by atoms with Crippen LogP contribution >= 0.6 is 11.3 Å². The molecule has 120 valence electrons. The van der Waals surface area contributed by atoms with Gasteiger partial charge in [0.05, 0.1) is 17.5 Å². The van der Waals surface area contributed by atoms with E-state index in [9.17, 15) is 5.11 Å². The van der Waals surface area contributed by atoms with Crippen LogP contribution in [-0.2, 0) is 6.54 Å². The molecule has 2 aromatic heterocycles. The third-order valence-electron chi connectivity index (χ3n) is 4.37. The maximum absolute atomic E-state index is 10.2. The number of aliphatic hydroxyl groups excluding tert-OH is 1. The van der Waals surface area contributed by atoms with Crippen LogP contribution in [0.5, 0.6) is 0 Å². The molecule has 3 heterocycles. The molecular formula is C16H23N3O2S. The van der Waals surface area contributed by atoms with Gasteiger partial charge in [-0.05, 0) is 49.2 Å². The van der Waals surface area contributed by atoms with Crippen LogP contribution in [0.2, 0.25) is 0 Å². The van der Waals surface area contributed by atoms with E-state index >= 15 is 0 Å². The summed E-state index contributed by atoms with van der Waals surface area (Å²) in [5.41, 5.74) is 0. The molecule has 2 aromatic rings. The Kier molecular flexibility index (Phi) is 4.90. The number of aliphatic hydroxyl groups is 1. The molecule has 1 aliphatic rings. The largest absolute Gasteiger partial charge is 0.393 e. The molecule has 0 spiro atoms. The van der Waals surface area contributed by atoms with E-state index in [1.54, 1.807) is 11.3 Å². The van der Waals surface area contributed by atoms with Gasteiger partial charge in [-0.15, -0.1) is 11.3 Å². The molecule has 1 fully saturated rings. The van der Waals surface area contributed by atoms with E-state index < -0.39 is 0 Å². The lowest BCUT2D eigenvalue weighted by atomic mass is 9.86. The summed E-state index contributed by atoms with van der Waals surface area (Å²) in [6.07, 6.45) is 1.88. The second kappa shape index (κ2) is 6.89. The van der Waals surface area contributed by atoms with Gasteiger partial charge in [-0.25, -0.2) is 0 Å². The summed E-state index contributed by atoms with van der Waals surface area (Å²) in [7, 11) is 0. The molecule has 1 N–H and O–H groups in total. The van der Waals surface area contributed by atoms with Crippen LogP contribution in [0.25, 0.3) is 10.7 Å². The van der Waals surface area contributed by atoms with Gasteiger partial charge in [0.1, 0.15) is 0 Å². The van der Waals surface area contributed by atoms with Crippen LogP contribution in [0.3, 0.4) is 0 Å². The van der Waals surface area contributed by atoms with Crippen molar-refractivity contribution in [3.05, 3.63) is 23.4 Å². The number of likely N-dealkylation sites (tertiary alicyclic amines) is 1. The highest BCUT2D eigenvalue weighted by atomic mass is 32.1. The minimum Gasteiger partial charge on any atom is -0.393 e. The lowest BCUT2D eigenvalue weighted by Crippen LogP contribution is -2.39. The van der Waals surface area contributed by atoms with Gasteiger partial charge in [0, 0.05) is 0 Å². The topological polar surface area (TPSA) is 62.4 Å². The first-order valence-corrected chi connectivity index (χ1v) is 8.78. The maximum Gasteiger partial charge on any atom is 0.241 e. The molecule has 1 aliphatic heterocycles. The van der Waals surface area contributed by atoms with Crippen molar-refractivity contribution in [3.8, 4) is 10.7 Å². The first-order valence-electron chi connectivity index (χ1n) is 7.90. The molecular weight excluding hydrogens is 298 g/mol. The standard InChI is InChI=1S/C16H23N3O2S/c1-11(2)15(20)12-5-7-19(8-6-12)10-14-17-16(18-21-14)13-4-3-9-22-13/h3-4,9,11-12,15,20H,5-8,10H2,1-2H3/t15-/m1/s1. The van der Waals surface area contributed by atoms with Gasteiger partial charge in [0.2, 0.25) is 11.7 Å². The molecule has 0 aliphatic carbocycles. The van der Waals surface area contributed by atoms with Gasteiger partial charge in [0.15, 0.2) is 0 Å². The van der Waals surface area contributed by atoms with Crippen molar-refractivity contribution < 1.29 is 9.63 Å². The maximum atomic E-state index is 10.2. The average Bonchev–Trinajstić information content (AvgIpc) is 3.18. The molecule has 1 saturated heterocycles. The number of rotatable bonds is 5. The Hall–Kier alpha value is -1.24. The normalized spacial score (nSPS) is 18.9. The van der Waals surface area contributed by atoms with E-state index in [-0.39, 0.29) is 6.10 Å². The summed E-state index contributed by atoms with van der Waals surface area (Å²) in [4.78, 5) is 7.84. The molecule has 22 heavy (non-hydrogen) atoms. The van der Waals surface area contributed by atoms with Crippen molar-refractivity contribution >= 4 is 11.3 Å². The molecule has 0 saturated carbocycles.